The first-order valence-electron chi connectivity index (χ1n) is 13.3. The third-order valence-corrected chi connectivity index (χ3v) is 7.91. The average Bonchev–Trinajstić information content (AvgIpc) is 3.48. The molecule has 4 aromatic rings. The predicted octanol–water partition coefficient (Wildman–Crippen LogP) is 6.32. The van der Waals surface area contributed by atoms with Crippen LogP contribution in [0.4, 0.5) is 25.8 Å². The molecule has 2 unspecified atom stereocenters. The molecule has 8 nitrogen and oxygen atoms in total. The summed E-state index contributed by atoms with van der Waals surface area (Å²) in [5.41, 5.74) is 10.4. The second-order valence-corrected chi connectivity index (χ2v) is 10.9. The molecule has 0 amide bonds. The fourth-order valence-corrected chi connectivity index (χ4v) is 5.67. The van der Waals surface area contributed by atoms with Crippen molar-refractivity contribution in [1.82, 2.24) is 26.3 Å². The van der Waals surface area contributed by atoms with Gasteiger partial charge in [0.15, 0.2) is 0 Å². The molecular weight excluding hydrogens is 581 g/mol. The van der Waals surface area contributed by atoms with Crippen LogP contribution in [0.5, 0.6) is 0 Å². The first-order chi connectivity index (χ1) is 20.4. The summed E-state index contributed by atoms with van der Waals surface area (Å²) in [5.74, 6) is -0.547. The Labute approximate surface area is 251 Å². The van der Waals surface area contributed by atoms with Crippen molar-refractivity contribution < 1.29 is 8.78 Å². The van der Waals surface area contributed by atoms with Crippen molar-refractivity contribution in [2.24, 2.45) is 0 Å². The number of aromatic nitrogens is 1. The van der Waals surface area contributed by atoms with Crippen LogP contribution in [0.2, 0.25) is 10.0 Å². The lowest BCUT2D eigenvalue weighted by atomic mass is 10.0. The number of nitriles is 1. The van der Waals surface area contributed by atoms with Crippen LogP contribution in [0, 0.1) is 17.1 Å². The molecule has 6 rings (SSSR count). The molecule has 5 N–H and O–H groups in total. The van der Waals surface area contributed by atoms with Gasteiger partial charge in [-0.25, -0.2) is 8.78 Å². The van der Waals surface area contributed by atoms with Gasteiger partial charge in [-0.2, -0.15) is 5.26 Å². The van der Waals surface area contributed by atoms with Crippen molar-refractivity contribution in [2.45, 2.75) is 24.7 Å². The van der Waals surface area contributed by atoms with E-state index in [-0.39, 0.29) is 22.7 Å². The molecule has 214 valence electrons. The normalized spacial score (nSPS) is 19.1. The van der Waals surface area contributed by atoms with Gasteiger partial charge in [-0.1, -0.05) is 53.5 Å². The average molecular weight is 607 g/mol. The molecular formula is C30H26Cl2F2N8. The fraction of sp³-hybridized carbons (Fsp3) is 0.200. The number of benzene rings is 3. The molecule has 3 atom stereocenters. The van der Waals surface area contributed by atoms with Crippen LogP contribution in [-0.2, 0) is 0 Å². The van der Waals surface area contributed by atoms with Gasteiger partial charge < -0.3 is 21.4 Å². The number of nitrogens with one attached hydrogen (secondary N) is 5. The zero-order chi connectivity index (χ0) is 29.2. The van der Waals surface area contributed by atoms with Gasteiger partial charge in [-0.05, 0) is 48.9 Å². The summed E-state index contributed by atoms with van der Waals surface area (Å²) in [5, 5.41) is 22.4. The van der Waals surface area contributed by atoms with Crippen LogP contribution >= 0.6 is 23.2 Å². The summed E-state index contributed by atoms with van der Waals surface area (Å²) in [4.78, 5) is 4.42. The van der Waals surface area contributed by atoms with Crippen molar-refractivity contribution in [2.75, 3.05) is 23.7 Å². The van der Waals surface area contributed by atoms with E-state index in [4.69, 9.17) is 23.2 Å². The second kappa shape index (κ2) is 12.0. The summed E-state index contributed by atoms with van der Waals surface area (Å²) in [6.07, 6.45) is 2.96. The van der Waals surface area contributed by atoms with Gasteiger partial charge >= 0.3 is 0 Å². The van der Waals surface area contributed by atoms with Crippen LogP contribution < -0.4 is 26.9 Å². The molecule has 3 aromatic carbocycles. The highest BCUT2D eigenvalue weighted by Gasteiger charge is 2.33. The number of fused-ring (bicyclic) bond motifs is 1. The van der Waals surface area contributed by atoms with Gasteiger partial charge in [-0.3, -0.25) is 9.99 Å². The van der Waals surface area contributed by atoms with E-state index in [1.54, 1.807) is 11.1 Å². The first-order valence-corrected chi connectivity index (χ1v) is 14.1. The van der Waals surface area contributed by atoms with Crippen LogP contribution in [0.25, 0.3) is 10.9 Å². The molecule has 0 spiro atoms. The maximum atomic E-state index is 14.7. The Morgan fingerprint density at radius 2 is 1.88 bits per heavy atom. The van der Waals surface area contributed by atoms with E-state index >= 15 is 0 Å². The fourth-order valence-electron chi connectivity index (χ4n) is 5.22. The summed E-state index contributed by atoms with van der Waals surface area (Å²) in [6.45, 7) is 1.04. The highest BCUT2D eigenvalue weighted by molar-refractivity contribution is 6.36. The number of hydrogen-bond acceptors (Lipinski definition) is 8. The number of alkyl halides is 1. The smallest absolute Gasteiger partial charge is 0.141 e. The van der Waals surface area contributed by atoms with Gasteiger partial charge in [0.2, 0.25) is 0 Å². The van der Waals surface area contributed by atoms with Gasteiger partial charge in [0.25, 0.3) is 0 Å². The van der Waals surface area contributed by atoms with Gasteiger partial charge in [0.05, 0.1) is 44.6 Å². The van der Waals surface area contributed by atoms with E-state index in [2.05, 4.69) is 38.0 Å². The minimum Gasteiger partial charge on any atom is -0.373 e. The number of pyridine rings is 1. The Bertz CT molecular complexity index is 1690. The maximum Gasteiger partial charge on any atom is 0.141 e. The van der Waals surface area contributed by atoms with Crippen LogP contribution in [0.1, 0.15) is 23.6 Å². The number of rotatable bonds is 7. The zero-order valence-electron chi connectivity index (χ0n) is 22.1. The number of halogens is 4. The van der Waals surface area contributed by atoms with Gasteiger partial charge in [0, 0.05) is 35.7 Å². The van der Waals surface area contributed by atoms with Crippen molar-refractivity contribution >= 4 is 51.2 Å². The van der Waals surface area contributed by atoms with Crippen molar-refractivity contribution in [3.05, 3.63) is 106 Å². The van der Waals surface area contributed by atoms with Crippen molar-refractivity contribution in [3.8, 4) is 6.07 Å². The van der Waals surface area contributed by atoms with E-state index < -0.39 is 12.0 Å². The van der Waals surface area contributed by atoms with Crippen molar-refractivity contribution in [3.63, 3.8) is 0 Å². The summed E-state index contributed by atoms with van der Waals surface area (Å²) in [6, 6.07) is 19.1. The SMILES string of the molecule is N#Cc1cnc2c(Cl)cc(N[C@H](C3=CN(C4CCNCC4F)NN3)c3ccccc3)cc2c1Nc1ccc(F)c(Cl)c1. The Morgan fingerprint density at radius 3 is 2.64 bits per heavy atom. The highest BCUT2D eigenvalue weighted by Crippen LogP contribution is 2.37. The molecule has 2 aliphatic rings. The molecule has 1 fully saturated rings. The molecule has 0 bridgehead atoms. The van der Waals surface area contributed by atoms with Crippen LogP contribution in [0.15, 0.2) is 78.8 Å². The molecule has 0 saturated carbocycles. The Hall–Kier alpha value is -4.14. The zero-order valence-corrected chi connectivity index (χ0v) is 23.6. The molecule has 1 saturated heterocycles. The third kappa shape index (κ3) is 5.65. The van der Waals surface area contributed by atoms with Gasteiger partial charge in [0.1, 0.15) is 18.1 Å². The molecule has 2 aliphatic heterocycles. The maximum absolute atomic E-state index is 14.7. The summed E-state index contributed by atoms with van der Waals surface area (Å²) in [7, 11) is 0. The van der Waals surface area contributed by atoms with E-state index in [0.717, 1.165) is 17.8 Å². The quantitative estimate of drug-likeness (QED) is 0.167. The molecule has 0 radical (unpaired) electrons. The standard InChI is InChI=1S/C30H26Cl2F2N8/c31-22-11-19(6-7-24(22)33)38-28-18(13-35)14-37-30-21(28)10-20(12-23(30)32)39-29(17-4-2-1-3-5-17)26-16-42(41-40-26)27-8-9-36-15-25(27)34/h1-7,10-12,14,16,25,27,29,36,39-41H,8-9,15H2,(H,37,38)/t25?,27?,29-/m0/s1. The summed E-state index contributed by atoms with van der Waals surface area (Å²) < 4.78 is 28.5. The Balaban J connectivity index is 1.39. The topological polar surface area (TPSA) is 100 Å². The van der Waals surface area contributed by atoms with E-state index in [0.29, 0.717) is 46.0 Å². The second-order valence-electron chi connectivity index (χ2n) is 10.1. The molecule has 12 heteroatoms. The minimum absolute atomic E-state index is 0.0495. The Morgan fingerprint density at radius 1 is 1.07 bits per heavy atom. The van der Waals surface area contributed by atoms with Gasteiger partial charge in [-0.15, -0.1) is 5.53 Å². The lowest BCUT2D eigenvalue weighted by Crippen LogP contribution is -2.53. The summed E-state index contributed by atoms with van der Waals surface area (Å²) >= 11 is 12.7. The largest absolute Gasteiger partial charge is 0.373 e. The monoisotopic (exact) mass is 606 g/mol. The number of nitrogens with zero attached hydrogens (tertiary/aromatic N) is 3. The Kier molecular flexibility index (Phi) is 8.00. The van der Waals surface area contributed by atoms with E-state index in [1.165, 1.54) is 24.4 Å². The molecule has 42 heavy (non-hydrogen) atoms. The lowest BCUT2D eigenvalue weighted by molar-refractivity contribution is 0.0854. The lowest BCUT2D eigenvalue weighted by Gasteiger charge is -2.33. The van der Waals surface area contributed by atoms with Crippen LogP contribution in [-0.4, -0.2) is 35.3 Å². The number of piperidine rings is 1. The first kappa shape index (κ1) is 28.0. The third-order valence-electron chi connectivity index (χ3n) is 7.33. The number of anilines is 3. The molecule has 3 heterocycles. The predicted molar refractivity (Wildman–Crippen MR) is 161 cm³/mol. The van der Waals surface area contributed by atoms with E-state index in [9.17, 15) is 14.0 Å². The van der Waals surface area contributed by atoms with Crippen LogP contribution in [0.3, 0.4) is 0 Å². The number of hydrogen-bond donors (Lipinski definition) is 5. The highest BCUT2D eigenvalue weighted by atomic mass is 35.5. The number of hydrazine groups is 2. The molecule has 1 aromatic heterocycles. The van der Waals surface area contributed by atoms with E-state index in [1.807, 2.05) is 42.6 Å². The van der Waals surface area contributed by atoms with Crippen molar-refractivity contribution in [1.29, 1.82) is 5.26 Å². The minimum atomic E-state index is -1.02. The molecule has 0 aliphatic carbocycles.